The smallest absolute Gasteiger partial charge is 0.123 e. The minimum absolute atomic E-state index is 0.0286. The van der Waals surface area contributed by atoms with Crippen molar-refractivity contribution >= 4 is 0 Å². The highest BCUT2D eigenvalue weighted by Gasteiger charge is 2.09. The predicted octanol–water partition coefficient (Wildman–Crippen LogP) is 2.63. The summed E-state index contributed by atoms with van der Waals surface area (Å²) in [5.41, 5.74) is 3.87. The first-order valence-corrected chi connectivity index (χ1v) is 5.15. The number of aromatic nitrogens is 1. The van der Waals surface area contributed by atoms with Gasteiger partial charge in [-0.25, -0.2) is 4.39 Å². The molecule has 1 aromatic heterocycles. The molecule has 2 aromatic rings. The average Bonchev–Trinajstić information content (AvgIpc) is 2.57. The molecule has 0 aliphatic carbocycles. The Morgan fingerprint density at radius 2 is 1.88 bits per heavy atom. The van der Waals surface area contributed by atoms with Crippen LogP contribution in [-0.4, -0.2) is 9.67 Å². The van der Waals surface area contributed by atoms with Crippen LogP contribution in [0.15, 0.2) is 30.3 Å². The molecule has 0 saturated carbocycles. The molecule has 2 nitrogen and oxygen atoms in total. The summed E-state index contributed by atoms with van der Waals surface area (Å²) >= 11 is 0. The van der Waals surface area contributed by atoms with Gasteiger partial charge in [-0.3, -0.25) is 0 Å². The van der Waals surface area contributed by atoms with Gasteiger partial charge >= 0.3 is 0 Å². The van der Waals surface area contributed by atoms with Gasteiger partial charge < -0.3 is 9.67 Å². The fourth-order valence-electron chi connectivity index (χ4n) is 1.82. The molecule has 16 heavy (non-hydrogen) atoms. The SMILES string of the molecule is Cc1c(CO)cc(-c2ccc(F)cc2)n1C. The first-order valence-electron chi connectivity index (χ1n) is 5.15. The number of aliphatic hydroxyl groups is 1. The highest BCUT2D eigenvalue weighted by atomic mass is 19.1. The summed E-state index contributed by atoms with van der Waals surface area (Å²) in [7, 11) is 1.94. The molecule has 0 aliphatic heterocycles. The van der Waals surface area contributed by atoms with E-state index in [1.807, 2.05) is 24.6 Å². The summed E-state index contributed by atoms with van der Waals surface area (Å²) in [6.07, 6.45) is 0. The van der Waals surface area contributed by atoms with Crippen LogP contribution < -0.4 is 0 Å². The molecule has 2 rings (SSSR count). The van der Waals surface area contributed by atoms with E-state index in [1.165, 1.54) is 12.1 Å². The third-order valence-electron chi connectivity index (χ3n) is 2.95. The zero-order valence-electron chi connectivity index (χ0n) is 9.37. The number of rotatable bonds is 2. The van der Waals surface area contributed by atoms with Gasteiger partial charge in [0.05, 0.1) is 6.61 Å². The molecule has 0 aliphatic rings. The van der Waals surface area contributed by atoms with Crippen LogP contribution in [0.1, 0.15) is 11.3 Å². The van der Waals surface area contributed by atoms with Crippen molar-refractivity contribution in [2.75, 3.05) is 0 Å². The lowest BCUT2D eigenvalue weighted by molar-refractivity contribution is 0.281. The maximum Gasteiger partial charge on any atom is 0.123 e. The van der Waals surface area contributed by atoms with Crippen LogP contribution in [0.4, 0.5) is 4.39 Å². The molecule has 0 bridgehead atoms. The van der Waals surface area contributed by atoms with Crippen molar-refractivity contribution in [3.05, 3.63) is 47.4 Å². The number of halogens is 1. The lowest BCUT2D eigenvalue weighted by Gasteiger charge is -2.05. The Hall–Kier alpha value is -1.61. The normalized spacial score (nSPS) is 10.8. The van der Waals surface area contributed by atoms with Gasteiger partial charge in [0.25, 0.3) is 0 Å². The van der Waals surface area contributed by atoms with Gasteiger partial charge in [0.1, 0.15) is 5.82 Å². The summed E-state index contributed by atoms with van der Waals surface area (Å²) < 4.78 is 14.8. The maximum atomic E-state index is 12.8. The topological polar surface area (TPSA) is 25.2 Å². The van der Waals surface area contributed by atoms with Gasteiger partial charge in [-0.05, 0) is 48.4 Å². The maximum absolute atomic E-state index is 12.8. The van der Waals surface area contributed by atoms with Crippen LogP contribution in [0, 0.1) is 12.7 Å². The van der Waals surface area contributed by atoms with Gasteiger partial charge in [0, 0.05) is 18.4 Å². The summed E-state index contributed by atoms with van der Waals surface area (Å²) in [6, 6.07) is 8.30. The molecule has 1 N–H and O–H groups in total. The van der Waals surface area contributed by atoms with Crippen molar-refractivity contribution in [1.82, 2.24) is 4.57 Å². The highest BCUT2D eigenvalue weighted by Crippen LogP contribution is 2.24. The largest absolute Gasteiger partial charge is 0.392 e. The molecule has 0 amide bonds. The second-order valence-corrected chi connectivity index (χ2v) is 3.86. The summed E-state index contributed by atoms with van der Waals surface area (Å²) in [5, 5.41) is 9.17. The van der Waals surface area contributed by atoms with Gasteiger partial charge in [-0.15, -0.1) is 0 Å². The molecular weight excluding hydrogens is 205 g/mol. The summed E-state index contributed by atoms with van der Waals surface area (Å²) in [6.45, 7) is 1.99. The van der Waals surface area contributed by atoms with Gasteiger partial charge in [0.15, 0.2) is 0 Å². The van der Waals surface area contributed by atoms with E-state index < -0.39 is 0 Å². The molecule has 1 aromatic carbocycles. The van der Waals surface area contributed by atoms with E-state index in [2.05, 4.69) is 0 Å². The summed E-state index contributed by atoms with van der Waals surface area (Å²) in [4.78, 5) is 0. The third-order valence-corrected chi connectivity index (χ3v) is 2.95. The molecule has 3 heteroatoms. The number of hydrogen-bond acceptors (Lipinski definition) is 1. The average molecular weight is 219 g/mol. The molecule has 0 saturated heterocycles. The second-order valence-electron chi connectivity index (χ2n) is 3.86. The first-order chi connectivity index (χ1) is 7.63. The highest BCUT2D eigenvalue weighted by molar-refractivity contribution is 5.62. The number of nitrogens with zero attached hydrogens (tertiary/aromatic N) is 1. The van der Waals surface area contributed by atoms with Crippen LogP contribution in [0.2, 0.25) is 0 Å². The van der Waals surface area contributed by atoms with Crippen LogP contribution >= 0.6 is 0 Å². The molecule has 0 atom stereocenters. The standard InChI is InChI=1S/C13H14FNO/c1-9-11(8-16)7-13(15(9)2)10-3-5-12(14)6-4-10/h3-7,16H,8H2,1-2H3. The Labute approximate surface area is 94.0 Å². The predicted molar refractivity (Wildman–Crippen MR) is 61.5 cm³/mol. The molecule has 84 valence electrons. The van der Waals surface area contributed by atoms with Crippen molar-refractivity contribution in [2.24, 2.45) is 7.05 Å². The van der Waals surface area contributed by atoms with Crippen molar-refractivity contribution in [3.8, 4) is 11.3 Å². The van der Waals surface area contributed by atoms with Crippen LogP contribution in [0.3, 0.4) is 0 Å². The molecule has 0 spiro atoms. The van der Waals surface area contributed by atoms with Crippen LogP contribution in [-0.2, 0) is 13.7 Å². The van der Waals surface area contributed by atoms with Crippen molar-refractivity contribution in [2.45, 2.75) is 13.5 Å². The van der Waals surface area contributed by atoms with Gasteiger partial charge in [0.2, 0.25) is 0 Å². The first kappa shape index (κ1) is 10.9. The van der Waals surface area contributed by atoms with Crippen LogP contribution in [0.5, 0.6) is 0 Å². The lowest BCUT2D eigenvalue weighted by Crippen LogP contribution is -1.95. The summed E-state index contributed by atoms with van der Waals surface area (Å²) in [5.74, 6) is -0.239. The van der Waals surface area contributed by atoms with Gasteiger partial charge in [-0.1, -0.05) is 0 Å². The van der Waals surface area contributed by atoms with E-state index >= 15 is 0 Å². The Morgan fingerprint density at radius 3 is 2.38 bits per heavy atom. The zero-order valence-corrected chi connectivity index (χ0v) is 9.37. The van der Waals surface area contributed by atoms with E-state index in [0.29, 0.717) is 0 Å². The molecule has 1 heterocycles. The monoisotopic (exact) mass is 219 g/mol. The molecule has 0 unspecified atom stereocenters. The molecule has 0 fully saturated rings. The van der Waals surface area contributed by atoms with Crippen molar-refractivity contribution in [3.63, 3.8) is 0 Å². The fraction of sp³-hybridized carbons (Fsp3) is 0.231. The Morgan fingerprint density at radius 1 is 1.25 bits per heavy atom. The Balaban J connectivity index is 2.52. The third kappa shape index (κ3) is 1.74. The van der Waals surface area contributed by atoms with Crippen molar-refractivity contribution < 1.29 is 9.50 Å². The van der Waals surface area contributed by atoms with E-state index in [0.717, 1.165) is 22.5 Å². The molecule has 0 radical (unpaired) electrons. The van der Waals surface area contributed by atoms with Crippen molar-refractivity contribution in [1.29, 1.82) is 0 Å². The Kier molecular flexibility index (Phi) is 2.79. The number of benzene rings is 1. The minimum atomic E-state index is -0.239. The lowest BCUT2D eigenvalue weighted by atomic mass is 10.1. The van der Waals surface area contributed by atoms with E-state index in [9.17, 15) is 9.50 Å². The quantitative estimate of drug-likeness (QED) is 0.825. The fourth-order valence-corrected chi connectivity index (χ4v) is 1.82. The number of aliphatic hydroxyl groups excluding tert-OH is 1. The second kappa shape index (κ2) is 4.10. The molecular formula is C13H14FNO. The van der Waals surface area contributed by atoms with E-state index in [4.69, 9.17) is 0 Å². The van der Waals surface area contributed by atoms with E-state index in [-0.39, 0.29) is 12.4 Å². The van der Waals surface area contributed by atoms with E-state index in [1.54, 1.807) is 12.1 Å². The minimum Gasteiger partial charge on any atom is -0.392 e. The van der Waals surface area contributed by atoms with Crippen LogP contribution in [0.25, 0.3) is 11.3 Å². The number of hydrogen-bond donors (Lipinski definition) is 1. The Bertz CT molecular complexity index is 499. The zero-order chi connectivity index (χ0) is 11.7. The van der Waals surface area contributed by atoms with Gasteiger partial charge in [-0.2, -0.15) is 0 Å².